The standard InChI is InChI=1S/C28H34N2O5/c1-4-5-6-10-16-34-24-17-22(27(32)29-20-12-8-7-9-13-20)26(31)21-14-11-15-23(25(21)24)30-28(33)35-18-19(2)3/h7-9,11-15,17,19,31H,4-6,10,16,18H2,1-3H3,(H,29,32)(H,30,33). The molecule has 0 aliphatic rings. The Morgan fingerprint density at radius 2 is 1.74 bits per heavy atom. The van der Waals surface area contributed by atoms with E-state index < -0.39 is 12.0 Å². The average Bonchev–Trinajstić information content (AvgIpc) is 2.84. The van der Waals surface area contributed by atoms with E-state index in [1.807, 2.05) is 32.0 Å². The third-order valence-corrected chi connectivity index (χ3v) is 5.41. The highest BCUT2D eigenvalue weighted by molar-refractivity contribution is 6.14. The fourth-order valence-corrected chi connectivity index (χ4v) is 3.64. The van der Waals surface area contributed by atoms with E-state index in [9.17, 15) is 14.7 Å². The molecular weight excluding hydrogens is 444 g/mol. The minimum atomic E-state index is -0.592. The molecule has 2 amide bonds. The summed E-state index contributed by atoms with van der Waals surface area (Å²) in [5.74, 6) is -0.0376. The van der Waals surface area contributed by atoms with E-state index in [-0.39, 0.29) is 23.8 Å². The van der Waals surface area contributed by atoms with Crippen LogP contribution in [0.2, 0.25) is 0 Å². The number of phenols is 1. The van der Waals surface area contributed by atoms with Crippen LogP contribution in [0.4, 0.5) is 16.2 Å². The van der Waals surface area contributed by atoms with Gasteiger partial charge in [0.1, 0.15) is 11.5 Å². The maximum atomic E-state index is 13.0. The van der Waals surface area contributed by atoms with Gasteiger partial charge in [-0.25, -0.2) is 4.79 Å². The number of hydrogen-bond donors (Lipinski definition) is 3. The fraction of sp³-hybridized carbons (Fsp3) is 0.357. The zero-order chi connectivity index (χ0) is 25.2. The molecule has 0 atom stereocenters. The van der Waals surface area contributed by atoms with Crippen molar-refractivity contribution in [2.45, 2.75) is 46.5 Å². The zero-order valence-corrected chi connectivity index (χ0v) is 20.6. The highest BCUT2D eigenvalue weighted by Gasteiger charge is 2.21. The molecule has 0 aliphatic carbocycles. The largest absolute Gasteiger partial charge is 0.506 e. The molecule has 35 heavy (non-hydrogen) atoms. The Morgan fingerprint density at radius 1 is 0.971 bits per heavy atom. The van der Waals surface area contributed by atoms with Crippen LogP contribution in [0.3, 0.4) is 0 Å². The van der Waals surface area contributed by atoms with Crippen molar-refractivity contribution in [2.75, 3.05) is 23.8 Å². The molecule has 3 rings (SSSR count). The van der Waals surface area contributed by atoms with Crippen LogP contribution in [0.25, 0.3) is 10.8 Å². The van der Waals surface area contributed by atoms with Crippen LogP contribution in [0.1, 0.15) is 56.8 Å². The number of hydrogen-bond acceptors (Lipinski definition) is 5. The number of aromatic hydroxyl groups is 1. The monoisotopic (exact) mass is 478 g/mol. The number of anilines is 2. The van der Waals surface area contributed by atoms with Gasteiger partial charge in [-0.05, 0) is 36.6 Å². The van der Waals surface area contributed by atoms with Crippen molar-refractivity contribution < 1.29 is 24.2 Å². The number of phenolic OH excluding ortho intramolecular Hbond substituents is 1. The molecule has 3 aromatic carbocycles. The van der Waals surface area contributed by atoms with Crippen molar-refractivity contribution >= 4 is 34.1 Å². The lowest BCUT2D eigenvalue weighted by molar-refractivity contribution is 0.102. The van der Waals surface area contributed by atoms with Gasteiger partial charge in [0, 0.05) is 11.1 Å². The van der Waals surface area contributed by atoms with Crippen molar-refractivity contribution in [1.82, 2.24) is 0 Å². The van der Waals surface area contributed by atoms with Gasteiger partial charge in [0.05, 0.1) is 29.9 Å². The zero-order valence-electron chi connectivity index (χ0n) is 20.6. The van der Waals surface area contributed by atoms with Crippen LogP contribution in [0.15, 0.2) is 54.6 Å². The first kappa shape index (κ1) is 25.9. The highest BCUT2D eigenvalue weighted by Crippen LogP contribution is 2.40. The van der Waals surface area contributed by atoms with Gasteiger partial charge < -0.3 is 19.9 Å². The van der Waals surface area contributed by atoms with E-state index in [0.717, 1.165) is 25.7 Å². The normalized spacial score (nSPS) is 10.9. The predicted octanol–water partition coefficient (Wildman–Crippen LogP) is 6.96. The SMILES string of the molecule is CCCCCCOc1cc(C(=O)Nc2ccccc2)c(O)c2cccc(NC(=O)OCC(C)C)c12. The molecule has 0 radical (unpaired) electrons. The first-order chi connectivity index (χ1) is 16.9. The first-order valence-electron chi connectivity index (χ1n) is 12.1. The van der Waals surface area contributed by atoms with Gasteiger partial charge in [-0.3, -0.25) is 10.1 Å². The molecule has 0 spiro atoms. The smallest absolute Gasteiger partial charge is 0.411 e. The van der Waals surface area contributed by atoms with Crippen molar-refractivity contribution in [3.8, 4) is 11.5 Å². The molecule has 0 fully saturated rings. The molecule has 3 N–H and O–H groups in total. The van der Waals surface area contributed by atoms with Crippen LogP contribution in [-0.4, -0.2) is 30.3 Å². The van der Waals surface area contributed by atoms with Gasteiger partial charge in [-0.15, -0.1) is 0 Å². The van der Waals surface area contributed by atoms with Crippen molar-refractivity contribution in [1.29, 1.82) is 0 Å². The summed E-state index contributed by atoms with van der Waals surface area (Å²) in [4.78, 5) is 25.4. The topological polar surface area (TPSA) is 96.9 Å². The summed E-state index contributed by atoms with van der Waals surface area (Å²) in [6.07, 6.45) is 3.51. The fourth-order valence-electron chi connectivity index (χ4n) is 3.64. The predicted molar refractivity (Wildman–Crippen MR) is 139 cm³/mol. The molecule has 0 saturated carbocycles. The number of para-hydroxylation sites is 1. The lowest BCUT2D eigenvalue weighted by Gasteiger charge is -2.17. The summed E-state index contributed by atoms with van der Waals surface area (Å²) in [5.41, 5.74) is 1.14. The van der Waals surface area contributed by atoms with Crippen LogP contribution in [0, 0.1) is 5.92 Å². The summed E-state index contributed by atoms with van der Waals surface area (Å²) < 4.78 is 11.4. The third-order valence-electron chi connectivity index (χ3n) is 5.41. The summed E-state index contributed by atoms with van der Waals surface area (Å²) >= 11 is 0. The Labute approximate surface area is 206 Å². The maximum Gasteiger partial charge on any atom is 0.411 e. The Morgan fingerprint density at radius 3 is 2.46 bits per heavy atom. The highest BCUT2D eigenvalue weighted by atomic mass is 16.5. The molecule has 186 valence electrons. The number of amides is 2. The average molecular weight is 479 g/mol. The summed E-state index contributed by atoms with van der Waals surface area (Å²) in [6.45, 7) is 6.78. The van der Waals surface area contributed by atoms with E-state index in [4.69, 9.17) is 9.47 Å². The summed E-state index contributed by atoms with van der Waals surface area (Å²) in [5, 5.41) is 17.5. The summed E-state index contributed by atoms with van der Waals surface area (Å²) in [7, 11) is 0. The van der Waals surface area contributed by atoms with E-state index >= 15 is 0 Å². The Bertz CT molecular complexity index is 1150. The number of benzene rings is 3. The molecule has 0 bridgehead atoms. The Hall–Kier alpha value is -3.74. The van der Waals surface area contributed by atoms with Gasteiger partial charge in [0.25, 0.3) is 5.91 Å². The number of carbonyl (C=O) groups is 2. The second-order valence-electron chi connectivity index (χ2n) is 8.85. The molecule has 7 nitrogen and oxygen atoms in total. The Kier molecular flexibility index (Phi) is 9.35. The number of nitrogens with one attached hydrogen (secondary N) is 2. The van der Waals surface area contributed by atoms with E-state index in [1.54, 1.807) is 30.3 Å². The molecule has 0 aromatic heterocycles. The second kappa shape index (κ2) is 12.6. The van der Waals surface area contributed by atoms with Crippen molar-refractivity contribution in [2.24, 2.45) is 5.92 Å². The van der Waals surface area contributed by atoms with Crippen LogP contribution in [-0.2, 0) is 4.74 Å². The van der Waals surface area contributed by atoms with E-state index in [0.29, 0.717) is 34.5 Å². The Balaban J connectivity index is 1.97. The molecule has 0 aliphatic heterocycles. The van der Waals surface area contributed by atoms with Gasteiger partial charge in [0.2, 0.25) is 0 Å². The number of fused-ring (bicyclic) bond motifs is 1. The molecule has 0 unspecified atom stereocenters. The molecule has 3 aromatic rings. The van der Waals surface area contributed by atoms with Crippen LogP contribution >= 0.6 is 0 Å². The van der Waals surface area contributed by atoms with Crippen molar-refractivity contribution in [3.05, 3.63) is 60.2 Å². The maximum absolute atomic E-state index is 13.0. The van der Waals surface area contributed by atoms with Crippen molar-refractivity contribution in [3.63, 3.8) is 0 Å². The number of rotatable bonds is 11. The molecular formula is C28H34N2O5. The lowest BCUT2D eigenvalue weighted by Crippen LogP contribution is -2.17. The van der Waals surface area contributed by atoms with Gasteiger partial charge in [-0.2, -0.15) is 0 Å². The number of carbonyl (C=O) groups excluding carboxylic acids is 2. The van der Waals surface area contributed by atoms with Crippen LogP contribution < -0.4 is 15.4 Å². The number of ether oxygens (including phenoxy) is 2. The first-order valence-corrected chi connectivity index (χ1v) is 12.1. The van der Waals surface area contributed by atoms with Gasteiger partial charge in [-0.1, -0.05) is 70.4 Å². The van der Waals surface area contributed by atoms with Gasteiger partial charge >= 0.3 is 6.09 Å². The molecule has 7 heteroatoms. The number of unbranched alkanes of at least 4 members (excludes halogenated alkanes) is 3. The van der Waals surface area contributed by atoms with Gasteiger partial charge in [0.15, 0.2) is 0 Å². The molecule has 0 heterocycles. The summed E-state index contributed by atoms with van der Waals surface area (Å²) in [6, 6.07) is 15.7. The minimum Gasteiger partial charge on any atom is -0.506 e. The van der Waals surface area contributed by atoms with Crippen LogP contribution in [0.5, 0.6) is 11.5 Å². The molecule has 0 saturated heterocycles. The van der Waals surface area contributed by atoms with E-state index in [1.165, 1.54) is 6.07 Å². The lowest BCUT2D eigenvalue weighted by atomic mass is 10.0. The minimum absolute atomic E-state index is 0.0874. The van der Waals surface area contributed by atoms with E-state index in [2.05, 4.69) is 17.6 Å². The second-order valence-corrected chi connectivity index (χ2v) is 8.85. The quantitative estimate of drug-likeness (QED) is 0.259. The third kappa shape index (κ3) is 7.12.